The van der Waals surface area contributed by atoms with Crippen LogP contribution >= 0.6 is 0 Å². The molecule has 0 radical (unpaired) electrons. The van der Waals surface area contributed by atoms with Crippen molar-refractivity contribution in [1.82, 2.24) is 0 Å². The molecule has 0 bridgehead atoms. The zero-order chi connectivity index (χ0) is 15.8. The van der Waals surface area contributed by atoms with Crippen LogP contribution in [-0.4, -0.2) is 46.1 Å². The molecule has 1 aliphatic rings. The van der Waals surface area contributed by atoms with Gasteiger partial charge in [0.1, 0.15) is 18.3 Å². The van der Waals surface area contributed by atoms with Gasteiger partial charge in [0.25, 0.3) is 0 Å². The molecule has 6 nitrogen and oxygen atoms in total. The van der Waals surface area contributed by atoms with Crippen LogP contribution in [0.15, 0.2) is 0 Å². The number of carbonyl (C=O) groups is 2. The molecule has 1 saturated carbocycles. The molecule has 6 heteroatoms. The summed E-state index contributed by atoms with van der Waals surface area (Å²) < 4.78 is 10.1. The third kappa shape index (κ3) is 3.12. The second-order valence-corrected chi connectivity index (χ2v) is 6.44. The van der Waals surface area contributed by atoms with E-state index < -0.39 is 34.7 Å². The molecular formula is C14H24O6. The van der Waals surface area contributed by atoms with Crippen LogP contribution in [0.1, 0.15) is 47.5 Å². The molecule has 0 saturated heterocycles. The van der Waals surface area contributed by atoms with Crippen LogP contribution in [0.4, 0.5) is 0 Å². The molecule has 116 valence electrons. The molecule has 0 aliphatic heterocycles. The lowest BCUT2D eigenvalue weighted by molar-refractivity contribution is -0.261. The van der Waals surface area contributed by atoms with Crippen molar-refractivity contribution in [3.8, 4) is 0 Å². The Morgan fingerprint density at radius 2 is 1.65 bits per heavy atom. The third-order valence-electron chi connectivity index (χ3n) is 4.19. The first-order valence-corrected chi connectivity index (χ1v) is 6.67. The first-order chi connectivity index (χ1) is 8.91. The third-order valence-corrected chi connectivity index (χ3v) is 4.19. The van der Waals surface area contributed by atoms with E-state index in [2.05, 4.69) is 0 Å². The van der Waals surface area contributed by atoms with Crippen molar-refractivity contribution in [1.29, 1.82) is 0 Å². The minimum atomic E-state index is -1.61. The van der Waals surface area contributed by atoms with E-state index in [-0.39, 0.29) is 13.0 Å². The van der Waals surface area contributed by atoms with E-state index in [0.29, 0.717) is 6.42 Å². The minimum absolute atomic E-state index is 0.0910. The zero-order valence-electron chi connectivity index (χ0n) is 12.7. The number of carbonyl (C=O) groups excluding carboxylic acids is 2. The van der Waals surface area contributed by atoms with E-state index in [9.17, 15) is 19.8 Å². The van der Waals surface area contributed by atoms with Gasteiger partial charge in [0.2, 0.25) is 0 Å². The Labute approximate surface area is 119 Å². The molecule has 1 rings (SSSR count). The smallest absolute Gasteiger partial charge is 0.302 e. The predicted octanol–water partition coefficient (Wildman–Crippen LogP) is 0.783. The summed E-state index contributed by atoms with van der Waals surface area (Å²) in [5.41, 5.74) is -3.93. The van der Waals surface area contributed by atoms with Crippen LogP contribution in [0, 0.1) is 5.41 Å². The van der Waals surface area contributed by atoms with Gasteiger partial charge in [-0.15, -0.1) is 0 Å². The largest absolute Gasteiger partial charge is 0.463 e. The van der Waals surface area contributed by atoms with Crippen LogP contribution in [0.3, 0.4) is 0 Å². The number of aliphatic hydroxyl groups is 2. The van der Waals surface area contributed by atoms with Gasteiger partial charge < -0.3 is 19.7 Å². The summed E-state index contributed by atoms with van der Waals surface area (Å²) in [4.78, 5) is 22.1. The van der Waals surface area contributed by atoms with Gasteiger partial charge in [0, 0.05) is 25.7 Å². The van der Waals surface area contributed by atoms with E-state index in [4.69, 9.17) is 9.47 Å². The molecule has 2 N–H and O–H groups in total. The highest BCUT2D eigenvalue weighted by molar-refractivity contribution is 5.66. The molecular weight excluding hydrogens is 264 g/mol. The van der Waals surface area contributed by atoms with Crippen molar-refractivity contribution in [2.45, 2.75) is 64.8 Å². The highest BCUT2D eigenvalue weighted by atomic mass is 16.6. The molecule has 20 heavy (non-hydrogen) atoms. The van der Waals surface area contributed by atoms with E-state index in [1.165, 1.54) is 20.8 Å². The molecule has 0 aromatic rings. The monoisotopic (exact) mass is 288 g/mol. The lowest BCUT2D eigenvalue weighted by atomic mass is 9.58. The van der Waals surface area contributed by atoms with Crippen LogP contribution in [0.25, 0.3) is 0 Å². The van der Waals surface area contributed by atoms with Gasteiger partial charge in [-0.05, 0) is 13.3 Å². The number of esters is 2. The van der Waals surface area contributed by atoms with Gasteiger partial charge in [-0.2, -0.15) is 0 Å². The Balaban J connectivity index is 3.01. The molecule has 3 atom stereocenters. The van der Waals surface area contributed by atoms with E-state index >= 15 is 0 Å². The summed E-state index contributed by atoms with van der Waals surface area (Å²) in [7, 11) is 0. The lowest BCUT2D eigenvalue weighted by Crippen LogP contribution is -2.68. The zero-order valence-corrected chi connectivity index (χ0v) is 12.7. The summed E-state index contributed by atoms with van der Waals surface area (Å²) in [6, 6.07) is 0. The van der Waals surface area contributed by atoms with Crippen LogP contribution < -0.4 is 0 Å². The summed E-state index contributed by atoms with van der Waals surface area (Å²) in [6.45, 7) is 7.22. The second-order valence-electron chi connectivity index (χ2n) is 6.44. The number of hydrogen-bond acceptors (Lipinski definition) is 6. The summed E-state index contributed by atoms with van der Waals surface area (Å²) >= 11 is 0. The fourth-order valence-corrected chi connectivity index (χ4v) is 3.03. The number of hydrogen-bond donors (Lipinski definition) is 2. The van der Waals surface area contributed by atoms with Crippen LogP contribution in [0.2, 0.25) is 0 Å². The molecule has 0 heterocycles. The highest BCUT2D eigenvalue weighted by Gasteiger charge is 2.61. The fourth-order valence-electron chi connectivity index (χ4n) is 3.03. The van der Waals surface area contributed by atoms with E-state index in [1.807, 2.05) is 0 Å². The average Bonchev–Trinajstić information content (AvgIpc) is 2.21. The fraction of sp³-hybridized carbons (Fsp3) is 0.857. The highest BCUT2D eigenvalue weighted by Crippen LogP contribution is 2.50. The number of ether oxygens (including phenoxy) is 2. The van der Waals surface area contributed by atoms with Gasteiger partial charge >= 0.3 is 11.9 Å². The Bertz CT molecular complexity index is 380. The Morgan fingerprint density at radius 1 is 1.10 bits per heavy atom. The van der Waals surface area contributed by atoms with Crippen LogP contribution in [-0.2, 0) is 19.1 Å². The average molecular weight is 288 g/mol. The maximum Gasteiger partial charge on any atom is 0.302 e. The first-order valence-electron chi connectivity index (χ1n) is 6.67. The lowest BCUT2D eigenvalue weighted by Gasteiger charge is -2.55. The summed E-state index contributed by atoms with van der Waals surface area (Å²) in [6.07, 6.45) is -0.0102. The molecule has 1 unspecified atom stereocenters. The van der Waals surface area contributed by atoms with Crippen molar-refractivity contribution >= 4 is 11.9 Å². The predicted molar refractivity (Wildman–Crippen MR) is 70.8 cm³/mol. The molecule has 1 fully saturated rings. The van der Waals surface area contributed by atoms with Crippen molar-refractivity contribution in [3.63, 3.8) is 0 Å². The minimum Gasteiger partial charge on any atom is -0.463 e. The van der Waals surface area contributed by atoms with Gasteiger partial charge in [0.15, 0.2) is 0 Å². The second kappa shape index (κ2) is 5.33. The maximum absolute atomic E-state index is 11.1. The molecule has 0 aromatic heterocycles. The van der Waals surface area contributed by atoms with Gasteiger partial charge in [-0.1, -0.05) is 13.8 Å². The van der Waals surface area contributed by atoms with Gasteiger partial charge in [-0.3, -0.25) is 9.59 Å². The van der Waals surface area contributed by atoms with Crippen LogP contribution in [0.5, 0.6) is 0 Å². The molecule has 0 spiro atoms. The Kier molecular flexibility index (Phi) is 4.51. The molecule has 0 amide bonds. The van der Waals surface area contributed by atoms with Crippen molar-refractivity contribution in [3.05, 3.63) is 0 Å². The standard InChI is InChI=1S/C14H24O6/c1-9(15)19-8-14(18)12(3,4)6-11(20-10(2)16)7-13(14,5)17/h11,17-18H,6-8H2,1-5H3/t11-,13-,14?/m0/s1. The van der Waals surface area contributed by atoms with Crippen molar-refractivity contribution < 1.29 is 29.3 Å². The topological polar surface area (TPSA) is 93.1 Å². The SMILES string of the molecule is CC(=O)OCC1(O)C(C)(C)C[C@H](OC(C)=O)C[C@]1(C)O. The van der Waals surface area contributed by atoms with Gasteiger partial charge in [0.05, 0.1) is 5.60 Å². The number of rotatable bonds is 3. The Morgan fingerprint density at radius 3 is 2.05 bits per heavy atom. The van der Waals surface area contributed by atoms with E-state index in [0.717, 1.165) is 0 Å². The van der Waals surface area contributed by atoms with Crippen molar-refractivity contribution in [2.75, 3.05) is 6.61 Å². The van der Waals surface area contributed by atoms with E-state index in [1.54, 1.807) is 13.8 Å². The molecule has 1 aliphatic carbocycles. The van der Waals surface area contributed by atoms with Gasteiger partial charge in [-0.25, -0.2) is 0 Å². The summed E-state index contributed by atoms with van der Waals surface area (Å²) in [5, 5.41) is 21.5. The quantitative estimate of drug-likeness (QED) is 0.746. The Hall–Kier alpha value is -1.14. The first kappa shape index (κ1) is 16.9. The molecule has 0 aromatic carbocycles. The summed E-state index contributed by atoms with van der Waals surface area (Å²) in [5.74, 6) is -0.945. The normalized spacial score (nSPS) is 36.2. The van der Waals surface area contributed by atoms with Crippen molar-refractivity contribution in [2.24, 2.45) is 5.41 Å². The maximum atomic E-state index is 11.1.